The van der Waals surface area contributed by atoms with Crippen LogP contribution >= 0.6 is 22.7 Å². The van der Waals surface area contributed by atoms with Gasteiger partial charge in [-0.1, -0.05) is 121 Å². The van der Waals surface area contributed by atoms with Crippen LogP contribution in [0.15, 0.2) is 168 Å². The van der Waals surface area contributed by atoms with Gasteiger partial charge in [-0.3, -0.25) is 0 Å². The first kappa shape index (κ1) is 31.1. The summed E-state index contributed by atoms with van der Waals surface area (Å²) in [5.41, 5.74) is 14.3. The number of fused-ring (bicyclic) bond motifs is 7. The third-order valence-electron chi connectivity index (χ3n) is 10.7. The first-order chi connectivity index (χ1) is 26.8. The maximum absolute atomic E-state index is 2.44. The van der Waals surface area contributed by atoms with E-state index in [0.29, 0.717) is 0 Å². The summed E-state index contributed by atoms with van der Waals surface area (Å²) in [5, 5.41) is 9.36. The Morgan fingerprint density at radius 2 is 0.667 bits per heavy atom. The van der Waals surface area contributed by atoms with Crippen molar-refractivity contribution in [1.29, 1.82) is 0 Å². The van der Waals surface area contributed by atoms with Gasteiger partial charge in [0.2, 0.25) is 0 Å². The van der Waals surface area contributed by atoms with Crippen LogP contribution in [0.4, 0.5) is 34.1 Å². The molecule has 0 fully saturated rings. The number of hydrogen-bond acceptors (Lipinski definition) is 4. The van der Waals surface area contributed by atoms with Crippen LogP contribution in [-0.4, -0.2) is 0 Å². The second kappa shape index (κ2) is 12.6. The van der Waals surface area contributed by atoms with Gasteiger partial charge in [-0.15, -0.1) is 22.7 Å². The van der Waals surface area contributed by atoms with Crippen molar-refractivity contribution in [3.63, 3.8) is 0 Å². The Morgan fingerprint density at radius 1 is 0.315 bits per heavy atom. The topological polar surface area (TPSA) is 6.48 Å². The SMILES string of the molecule is C1=Cc2ccccc2N(c2ccc3c(-c4cccs4)c(-c4cccs4)c4ccc(N5c6ccccc6C=Cc6ccccc65)cc4c3c2)c2ccccc21. The van der Waals surface area contributed by atoms with Crippen LogP contribution in [0.1, 0.15) is 22.3 Å². The van der Waals surface area contributed by atoms with Gasteiger partial charge in [0.15, 0.2) is 0 Å². The molecule has 7 aromatic carbocycles. The van der Waals surface area contributed by atoms with E-state index in [0.717, 1.165) is 11.4 Å². The molecule has 2 aromatic heterocycles. The lowest BCUT2D eigenvalue weighted by Crippen LogP contribution is -2.12. The van der Waals surface area contributed by atoms with Crippen molar-refractivity contribution in [3.8, 4) is 20.9 Å². The van der Waals surface area contributed by atoms with E-state index in [4.69, 9.17) is 0 Å². The Hall–Kier alpha value is -6.46. The van der Waals surface area contributed by atoms with Crippen LogP contribution in [0, 0.1) is 0 Å². The van der Waals surface area contributed by atoms with Crippen LogP contribution in [0.5, 0.6) is 0 Å². The second-order valence-electron chi connectivity index (χ2n) is 13.7. The molecular formula is C50H32N2S2. The van der Waals surface area contributed by atoms with Crippen LogP contribution < -0.4 is 9.80 Å². The molecule has 11 rings (SSSR count). The average Bonchev–Trinajstić information content (AvgIpc) is 3.91. The first-order valence-electron chi connectivity index (χ1n) is 18.2. The normalized spacial score (nSPS) is 13.0. The molecule has 4 heteroatoms. The second-order valence-corrected chi connectivity index (χ2v) is 15.6. The van der Waals surface area contributed by atoms with Crippen LogP contribution in [-0.2, 0) is 0 Å². The molecule has 0 aliphatic carbocycles. The van der Waals surface area contributed by atoms with Crippen molar-refractivity contribution in [2.45, 2.75) is 0 Å². The molecular weight excluding hydrogens is 693 g/mol. The third kappa shape index (κ3) is 4.92. The number of para-hydroxylation sites is 4. The largest absolute Gasteiger partial charge is 0.309 e. The molecule has 0 radical (unpaired) electrons. The fourth-order valence-corrected chi connectivity index (χ4v) is 9.93. The zero-order valence-corrected chi connectivity index (χ0v) is 30.8. The van der Waals surface area contributed by atoms with E-state index in [-0.39, 0.29) is 0 Å². The lowest BCUT2D eigenvalue weighted by molar-refractivity contribution is 1.28. The number of hydrogen-bond donors (Lipinski definition) is 0. The van der Waals surface area contributed by atoms with Gasteiger partial charge in [-0.25, -0.2) is 0 Å². The molecule has 0 bridgehead atoms. The quantitative estimate of drug-likeness (QED) is 0.167. The van der Waals surface area contributed by atoms with E-state index in [1.54, 1.807) is 0 Å². The van der Waals surface area contributed by atoms with E-state index < -0.39 is 0 Å². The van der Waals surface area contributed by atoms with Crippen molar-refractivity contribution >= 4 is 103 Å². The van der Waals surface area contributed by atoms with Gasteiger partial charge in [0.05, 0.1) is 22.7 Å². The average molecular weight is 725 g/mol. The highest BCUT2D eigenvalue weighted by Crippen LogP contribution is 2.51. The van der Waals surface area contributed by atoms with Gasteiger partial charge in [-0.05, 0) is 115 Å². The predicted octanol–water partition coefficient (Wildman–Crippen LogP) is 15.4. The third-order valence-corrected chi connectivity index (χ3v) is 12.5. The van der Waals surface area contributed by atoms with Crippen LogP contribution in [0.25, 0.3) is 66.7 Å². The zero-order valence-electron chi connectivity index (χ0n) is 29.2. The maximum atomic E-state index is 2.44. The number of anilines is 6. The zero-order chi connectivity index (χ0) is 35.6. The predicted molar refractivity (Wildman–Crippen MR) is 235 cm³/mol. The summed E-state index contributed by atoms with van der Waals surface area (Å²) in [6.45, 7) is 0. The number of rotatable bonds is 4. The lowest BCUT2D eigenvalue weighted by atomic mass is 9.89. The monoisotopic (exact) mass is 724 g/mol. The Labute approximate surface area is 322 Å². The maximum Gasteiger partial charge on any atom is 0.0534 e. The van der Waals surface area contributed by atoms with E-state index >= 15 is 0 Å². The summed E-state index contributed by atoms with van der Waals surface area (Å²) in [4.78, 5) is 7.42. The van der Waals surface area contributed by atoms with Crippen molar-refractivity contribution in [2.75, 3.05) is 9.80 Å². The van der Waals surface area contributed by atoms with Gasteiger partial charge in [-0.2, -0.15) is 0 Å². The standard InChI is InChI=1S/C50H32N2S2/c1-5-15-43-33(11-1)21-22-34-12-2-6-16-44(34)51(43)37-25-27-39-41(31-37)42-32-38(52-45-17-7-3-13-35(45)23-24-36-14-4-8-18-46(36)52)26-28-40(42)50(48-20-10-30-54-48)49(39)47-19-9-29-53-47/h1-32H. The van der Waals surface area contributed by atoms with Crippen molar-refractivity contribution in [1.82, 2.24) is 0 Å². The summed E-state index contributed by atoms with van der Waals surface area (Å²) < 4.78 is 0. The molecule has 2 aliphatic rings. The fraction of sp³-hybridized carbons (Fsp3) is 0. The molecule has 254 valence electrons. The molecule has 0 unspecified atom stereocenters. The molecule has 2 nitrogen and oxygen atoms in total. The van der Waals surface area contributed by atoms with Gasteiger partial charge in [0.1, 0.15) is 0 Å². The van der Waals surface area contributed by atoms with E-state index in [1.807, 2.05) is 22.7 Å². The lowest BCUT2D eigenvalue weighted by Gasteiger charge is -2.29. The van der Waals surface area contributed by atoms with Crippen LogP contribution in [0.2, 0.25) is 0 Å². The molecule has 0 saturated heterocycles. The molecule has 9 aromatic rings. The van der Waals surface area contributed by atoms with E-state index in [2.05, 4.69) is 203 Å². The number of thiophene rings is 2. The van der Waals surface area contributed by atoms with Crippen molar-refractivity contribution in [3.05, 3.63) is 191 Å². The Bertz CT molecular complexity index is 2650. The number of nitrogens with zero attached hydrogens (tertiary/aromatic N) is 2. The highest BCUT2D eigenvalue weighted by molar-refractivity contribution is 7.14. The minimum Gasteiger partial charge on any atom is -0.309 e. The Balaban J connectivity index is 1.24. The van der Waals surface area contributed by atoms with Gasteiger partial charge >= 0.3 is 0 Å². The van der Waals surface area contributed by atoms with Gasteiger partial charge in [0, 0.05) is 32.3 Å². The van der Waals surface area contributed by atoms with Gasteiger partial charge < -0.3 is 9.80 Å². The summed E-state index contributed by atoms with van der Waals surface area (Å²) in [5.74, 6) is 0. The van der Waals surface area contributed by atoms with Gasteiger partial charge in [0.25, 0.3) is 0 Å². The number of benzene rings is 7. The summed E-state index contributed by atoms with van der Waals surface area (Å²) >= 11 is 3.62. The molecule has 4 heterocycles. The highest BCUT2D eigenvalue weighted by Gasteiger charge is 2.25. The molecule has 2 aliphatic heterocycles. The summed E-state index contributed by atoms with van der Waals surface area (Å²) in [6, 6.07) is 58.0. The summed E-state index contributed by atoms with van der Waals surface area (Å²) in [7, 11) is 0. The van der Waals surface area contributed by atoms with Crippen molar-refractivity contribution in [2.24, 2.45) is 0 Å². The van der Waals surface area contributed by atoms with Crippen molar-refractivity contribution < 1.29 is 0 Å². The molecule has 0 N–H and O–H groups in total. The molecule has 0 spiro atoms. The van der Waals surface area contributed by atoms with Crippen LogP contribution in [0.3, 0.4) is 0 Å². The smallest absolute Gasteiger partial charge is 0.0534 e. The Kier molecular flexibility index (Phi) is 7.25. The summed E-state index contributed by atoms with van der Waals surface area (Å²) in [6.07, 6.45) is 8.96. The van der Waals surface area contributed by atoms with E-state index in [9.17, 15) is 0 Å². The molecule has 54 heavy (non-hydrogen) atoms. The van der Waals surface area contributed by atoms with E-state index in [1.165, 1.54) is 87.4 Å². The molecule has 0 atom stereocenters. The minimum atomic E-state index is 1.13. The first-order valence-corrected chi connectivity index (χ1v) is 20.0. The Morgan fingerprint density at radius 3 is 1.00 bits per heavy atom. The fourth-order valence-electron chi connectivity index (χ4n) is 8.35. The molecule has 0 saturated carbocycles. The highest BCUT2D eigenvalue weighted by atomic mass is 32.1. The molecule has 0 amide bonds. The minimum absolute atomic E-state index is 1.13.